The average Bonchev–Trinajstić information content (AvgIpc) is 2.29. The van der Waals surface area contributed by atoms with Crippen LogP contribution < -0.4 is 10.5 Å². The van der Waals surface area contributed by atoms with Crippen molar-refractivity contribution in [1.82, 2.24) is 4.72 Å². The van der Waals surface area contributed by atoms with Gasteiger partial charge in [0.15, 0.2) is 0 Å². The zero-order valence-electron chi connectivity index (χ0n) is 9.97. The van der Waals surface area contributed by atoms with Gasteiger partial charge in [0.2, 0.25) is 10.0 Å². The van der Waals surface area contributed by atoms with Gasteiger partial charge in [0.25, 0.3) is 0 Å². The highest BCUT2D eigenvalue weighted by Gasteiger charge is 2.28. The van der Waals surface area contributed by atoms with E-state index in [0.29, 0.717) is 0 Å². The maximum absolute atomic E-state index is 13.9. The second kappa shape index (κ2) is 6.37. The third-order valence-electron chi connectivity index (χ3n) is 2.29. The van der Waals surface area contributed by atoms with Crippen LogP contribution in [-0.4, -0.2) is 21.1 Å². The molecule has 4 nitrogen and oxygen atoms in total. The van der Waals surface area contributed by atoms with Crippen LogP contribution in [0.15, 0.2) is 21.5 Å². The number of nitrogens with two attached hydrogens (primary N) is 1. The molecule has 1 aromatic rings. The first kappa shape index (κ1) is 17.3. The first-order chi connectivity index (χ1) is 9.07. The predicted molar refractivity (Wildman–Crippen MR) is 67.9 cm³/mol. The summed E-state index contributed by atoms with van der Waals surface area (Å²) >= 11 is 2.99. The Balaban J connectivity index is 3.01. The maximum atomic E-state index is 13.9. The standard InChI is InChI=1S/C10H11BrF4N2O2S/c11-7-3-6(5-16)9(12)8(4-7)20(18,19)17-2-1-10(13,14)15/h3-4,17H,1-2,5,16H2. The fourth-order valence-electron chi connectivity index (χ4n) is 1.37. The van der Waals surface area contributed by atoms with Crippen LogP contribution in [0, 0.1) is 5.82 Å². The molecule has 0 aromatic heterocycles. The van der Waals surface area contributed by atoms with Gasteiger partial charge in [-0.3, -0.25) is 0 Å². The number of sulfonamides is 1. The summed E-state index contributed by atoms with van der Waals surface area (Å²) in [6.45, 7) is -1.11. The smallest absolute Gasteiger partial charge is 0.326 e. The fourth-order valence-corrected chi connectivity index (χ4v) is 3.20. The molecule has 0 saturated carbocycles. The van der Waals surface area contributed by atoms with Crippen molar-refractivity contribution >= 4 is 26.0 Å². The molecule has 20 heavy (non-hydrogen) atoms. The van der Waals surface area contributed by atoms with Crippen molar-refractivity contribution in [2.45, 2.75) is 24.0 Å². The van der Waals surface area contributed by atoms with Gasteiger partial charge in [-0.05, 0) is 12.1 Å². The number of benzene rings is 1. The van der Waals surface area contributed by atoms with Crippen molar-refractivity contribution in [3.05, 3.63) is 28.0 Å². The second-order valence-corrected chi connectivity index (χ2v) is 6.50. The normalized spacial score (nSPS) is 12.7. The van der Waals surface area contributed by atoms with E-state index in [1.54, 1.807) is 4.72 Å². The molecule has 114 valence electrons. The third-order valence-corrected chi connectivity index (χ3v) is 4.21. The molecule has 0 aliphatic rings. The molecule has 3 N–H and O–H groups in total. The third kappa shape index (κ3) is 4.69. The lowest BCUT2D eigenvalue weighted by atomic mass is 10.2. The van der Waals surface area contributed by atoms with Gasteiger partial charge < -0.3 is 5.73 Å². The fraction of sp³-hybridized carbons (Fsp3) is 0.400. The monoisotopic (exact) mass is 378 g/mol. The van der Waals surface area contributed by atoms with Crippen LogP contribution in [0.25, 0.3) is 0 Å². The molecule has 1 rings (SSSR count). The van der Waals surface area contributed by atoms with Crippen LogP contribution in [0.1, 0.15) is 12.0 Å². The average molecular weight is 379 g/mol. The minimum absolute atomic E-state index is 0.0597. The lowest BCUT2D eigenvalue weighted by molar-refractivity contribution is -0.132. The summed E-state index contributed by atoms with van der Waals surface area (Å²) in [6.07, 6.45) is -5.84. The van der Waals surface area contributed by atoms with Crippen molar-refractivity contribution in [3.63, 3.8) is 0 Å². The molecule has 1 aromatic carbocycles. The van der Waals surface area contributed by atoms with Gasteiger partial charge in [0.1, 0.15) is 10.7 Å². The topological polar surface area (TPSA) is 72.2 Å². The van der Waals surface area contributed by atoms with Gasteiger partial charge in [-0.2, -0.15) is 13.2 Å². The largest absolute Gasteiger partial charge is 0.390 e. The molecule has 0 spiro atoms. The Kier molecular flexibility index (Phi) is 5.53. The molecule has 0 bridgehead atoms. The first-order valence-corrected chi connectivity index (χ1v) is 7.59. The first-order valence-electron chi connectivity index (χ1n) is 5.31. The van der Waals surface area contributed by atoms with Crippen molar-refractivity contribution in [3.8, 4) is 0 Å². The van der Waals surface area contributed by atoms with Crippen LogP contribution >= 0.6 is 15.9 Å². The Morgan fingerprint density at radius 3 is 2.40 bits per heavy atom. The Labute approximate surface area is 121 Å². The van der Waals surface area contributed by atoms with E-state index in [1.807, 2.05) is 0 Å². The Bertz CT molecular complexity index is 590. The highest BCUT2D eigenvalue weighted by atomic mass is 79.9. The second-order valence-electron chi connectivity index (χ2n) is 3.84. The number of hydrogen-bond acceptors (Lipinski definition) is 3. The summed E-state index contributed by atoms with van der Waals surface area (Å²) < 4.78 is 75.3. The van der Waals surface area contributed by atoms with Crippen molar-refractivity contribution in [2.75, 3.05) is 6.54 Å². The van der Waals surface area contributed by atoms with E-state index in [0.717, 1.165) is 6.07 Å². The van der Waals surface area contributed by atoms with Crippen molar-refractivity contribution in [2.24, 2.45) is 5.73 Å². The van der Waals surface area contributed by atoms with E-state index in [9.17, 15) is 26.0 Å². The van der Waals surface area contributed by atoms with E-state index in [-0.39, 0.29) is 16.6 Å². The Morgan fingerprint density at radius 1 is 1.30 bits per heavy atom. The van der Waals surface area contributed by atoms with Crippen LogP contribution in [0.3, 0.4) is 0 Å². The zero-order chi connectivity index (χ0) is 15.6. The molecule has 0 atom stereocenters. The molecule has 0 unspecified atom stereocenters. The number of alkyl halides is 3. The van der Waals surface area contributed by atoms with Crippen molar-refractivity contribution in [1.29, 1.82) is 0 Å². The van der Waals surface area contributed by atoms with Gasteiger partial charge in [-0.25, -0.2) is 17.5 Å². The van der Waals surface area contributed by atoms with Crippen LogP contribution in [0.5, 0.6) is 0 Å². The highest BCUT2D eigenvalue weighted by molar-refractivity contribution is 9.10. The van der Waals surface area contributed by atoms with E-state index in [2.05, 4.69) is 15.9 Å². The Morgan fingerprint density at radius 2 is 1.90 bits per heavy atom. The quantitative estimate of drug-likeness (QED) is 0.772. The van der Waals surface area contributed by atoms with Crippen molar-refractivity contribution < 1.29 is 26.0 Å². The van der Waals surface area contributed by atoms with Gasteiger partial charge >= 0.3 is 6.18 Å². The molecular weight excluding hydrogens is 368 g/mol. The van der Waals surface area contributed by atoms with Gasteiger partial charge in [0, 0.05) is 23.1 Å². The summed E-state index contributed by atoms with van der Waals surface area (Å²) in [5.41, 5.74) is 5.20. The lowest BCUT2D eigenvalue weighted by Gasteiger charge is -2.11. The lowest BCUT2D eigenvalue weighted by Crippen LogP contribution is -2.29. The van der Waals surface area contributed by atoms with Crippen LogP contribution in [-0.2, 0) is 16.6 Å². The summed E-state index contributed by atoms with van der Waals surface area (Å²) in [5, 5.41) is 0. The molecule has 0 amide bonds. The van der Waals surface area contributed by atoms with Gasteiger partial charge in [-0.1, -0.05) is 15.9 Å². The van der Waals surface area contributed by atoms with E-state index >= 15 is 0 Å². The molecule has 0 heterocycles. The zero-order valence-corrected chi connectivity index (χ0v) is 12.4. The molecule has 0 aliphatic heterocycles. The highest BCUT2D eigenvalue weighted by Crippen LogP contribution is 2.24. The molecule has 10 heteroatoms. The summed E-state index contributed by atoms with van der Waals surface area (Å²) in [6, 6.07) is 2.26. The van der Waals surface area contributed by atoms with Crippen LogP contribution in [0.2, 0.25) is 0 Å². The van der Waals surface area contributed by atoms with Gasteiger partial charge in [0.05, 0.1) is 6.42 Å². The molecular formula is C10H11BrF4N2O2S. The molecule has 0 aliphatic carbocycles. The van der Waals surface area contributed by atoms with E-state index in [1.165, 1.54) is 6.07 Å². The summed E-state index contributed by atoms with van der Waals surface area (Å²) in [7, 11) is -4.38. The molecule has 0 fully saturated rings. The van der Waals surface area contributed by atoms with E-state index < -0.39 is 39.9 Å². The number of halogens is 5. The maximum Gasteiger partial charge on any atom is 0.390 e. The number of nitrogens with one attached hydrogen (secondary N) is 1. The minimum atomic E-state index is -4.50. The summed E-state index contributed by atoms with van der Waals surface area (Å²) in [5.74, 6) is -1.07. The Hall–Kier alpha value is -0.710. The number of hydrogen-bond donors (Lipinski definition) is 2. The SMILES string of the molecule is NCc1cc(Br)cc(S(=O)(=O)NCCC(F)(F)F)c1F. The minimum Gasteiger partial charge on any atom is -0.326 e. The molecule has 0 saturated heterocycles. The van der Waals surface area contributed by atoms with Gasteiger partial charge in [-0.15, -0.1) is 0 Å². The summed E-state index contributed by atoms with van der Waals surface area (Å²) in [4.78, 5) is -0.741. The van der Waals surface area contributed by atoms with Crippen LogP contribution in [0.4, 0.5) is 17.6 Å². The molecule has 0 radical (unpaired) electrons. The number of rotatable bonds is 5. The van der Waals surface area contributed by atoms with E-state index in [4.69, 9.17) is 5.73 Å². The predicted octanol–water partition coefficient (Wildman–Crippen LogP) is 2.28.